The average molecular weight is 341 g/mol. The molecule has 1 aromatic heterocycles. The number of hydrogen-bond acceptors (Lipinski definition) is 2. The van der Waals surface area contributed by atoms with E-state index in [1.165, 1.54) is 0 Å². The number of nitrogens with one attached hydrogen (secondary N) is 1. The van der Waals surface area contributed by atoms with E-state index < -0.39 is 0 Å². The molecule has 0 aliphatic carbocycles. The molecular weight excluding hydrogens is 328 g/mol. The van der Waals surface area contributed by atoms with Gasteiger partial charge in [-0.3, -0.25) is 9.78 Å². The van der Waals surface area contributed by atoms with E-state index in [9.17, 15) is 4.79 Å². The zero-order valence-corrected chi connectivity index (χ0v) is 13.0. The Morgan fingerprint density at radius 1 is 1.14 bits per heavy atom. The lowest BCUT2D eigenvalue weighted by Gasteiger charge is -2.10. The Morgan fingerprint density at radius 3 is 2.86 bits per heavy atom. The molecule has 0 unspecified atom stereocenters. The summed E-state index contributed by atoms with van der Waals surface area (Å²) in [5, 5.41) is 3.81. The van der Waals surface area contributed by atoms with Crippen molar-refractivity contribution >= 4 is 38.4 Å². The van der Waals surface area contributed by atoms with E-state index >= 15 is 0 Å². The third kappa shape index (κ3) is 2.81. The van der Waals surface area contributed by atoms with Gasteiger partial charge in [-0.25, -0.2) is 0 Å². The highest BCUT2D eigenvalue weighted by molar-refractivity contribution is 9.10. The lowest BCUT2D eigenvalue weighted by Crippen LogP contribution is -2.13. The molecule has 3 nitrogen and oxygen atoms in total. The van der Waals surface area contributed by atoms with Gasteiger partial charge in [0.05, 0.1) is 5.52 Å². The number of amides is 1. The molecule has 0 saturated heterocycles. The van der Waals surface area contributed by atoms with E-state index in [0.29, 0.717) is 5.56 Å². The summed E-state index contributed by atoms with van der Waals surface area (Å²) in [6, 6.07) is 15.1. The minimum Gasteiger partial charge on any atom is -0.322 e. The number of carbonyl (C=O) groups excluding carboxylic acids is 1. The van der Waals surface area contributed by atoms with Crippen molar-refractivity contribution in [3.63, 3.8) is 0 Å². The van der Waals surface area contributed by atoms with Crippen LogP contribution in [0, 0.1) is 6.92 Å². The fourth-order valence-electron chi connectivity index (χ4n) is 2.22. The van der Waals surface area contributed by atoms with Crippen LogP contribution < -0.4 is 5.32 Å². The largest absolute Gasteiger partial charge is 0.322 e. The molecule has 0 aliphatic rings. The number of rotatable bonds is 2. The Hall–Kier alpha value is -2.20. The van der Waals surface area contributed by atoms with Gasteiger partial charge in [-0.2, -0.15) is 0 Å². The maximum Gasteiger partial charge on any atom is 0.256 e. The summed E-state index contributed by atoms with van der Waals surface area (Å²) in [4.78, 5) is 16.8. The zero-order chi connectivity index (χ0) is 14.8. The Bertz CT molecular complexity index is 825. The van der Waals surface area contributed by atoms with E-state index in [2.05, 4.69) is 26.2 Å². The van der Waals surface area contributed by atoms with Crippen molar-refractivity contribution in [3.8, 4) is 0 Å². The second kappa shape index (κ2) is 5.66. The second-order valence-corrected chi connectivity index (χ2v) is 5.70. The van der Waals surface area contributed by atoms with E-state index in [4.69, 9.17) is 0 Å². The highest BCUT2D eigenvalue weighted by Crippen LogP contribution is 2.23. The van der Waals surface area contributed by atoms with Crippen molar-refractivity contribution in [1.82, 2.24) is 4.98 Å². The van der Waals surface area contributed by atoms with Gasteiger partial charge in [0, 0.05) is 27.3 Å². The Morgan fingerprint density at radius 2 is 2.00 bits per heavy atom. The number of carbonyl (C=O) groups is 1. The molecule has 104 valence electrons. The SMILES string of the molecule is Cc1ccc(Br)cc1NC(=O)c1cccc2ncccc12. The highest BCUT2D eigenvalue weighted by Gasteiger charge is 2.11. The van der Waals surface area contributed by atoms with Crippen LogP contribution in [0.3, 0.4) is 0 Å². The molecule has 3 aromatic rings. The average Bonchev–Trinajstić information content (AvgIpc) is 2.50. The summed E-state index contributed by atoms with van der Waals surface area (Å²) < 4.78 is 0.933. The van der Waals surface area contributed by atoms with Gasteiger partial charge in [-0.15, -0.1) is 0 Å². The number of halogens is 1. The summed E-state index contributed by atoms with van der Waals surface area (Å²) in [5.41, 5.74) is 3.26. The number of aryl methyl sites for hydroxylation is 1. The van der Waals surface area contributed by atoms with E-state index in [-0.39, 0.29) is 5.91 Å². The number of anilines is 1. The van der Waals surface area contributed by atoms with Crippen LogP contribution in [0.15, 0.2) is 59.2 Å². The lowest BCUT2D eigenvalue weighted by molar-refractivity contribution is 0.102. The normalized spacial score (nSPS) is 10.6. The molecule has 21 heavy (non-hydrogen) atoms. The van der Waals surface area contributed by atoms with Gasteiger partial charge in [-0.05, 0) is 42.8 Å². The second-order valence-electron chi connectivity index (χ2n) is 4.79. The van der Waals surface area contributed by atoms with Gasteiger partial charge in [0.1, 0.15) is 0 Å². The third-order valence-electron chi connectivity index (χ3n) is 3.34. The lowest BCUT2D eigenvalue weighted by atomic mass is 10.1. The smallest absolute Gasteiger partial charge is 0.256 e. The number of pyridine rings is 1. The molecule has 0 atom stereocenters. The quantitative estimate of drug-likeness (QED) is 0.743. The van der Waals surface area contributed by atoms with Crippen molar-refractivity contribution in [2.24, 2.45) is 0 Å². The maximum absolute atomic E-state index is 12.5. The fourth-order valence-corrected chi connectivity index (χ4v) is 2.58. The van der Waals surface area contributed by atoms with Crippen molar-refractivity contribution in [1.29, 1.82) is 0 Å². The Labute approximate surface area is 131 Å². The molecule has 1 heterocycles. The Balaban J connectivity index is 1.99. The number of benzene rings is 2. The first-order chi connectivity index (χ1) is 10.1. The van der Waals surface area contributed by atoms with Crippen LogP contribution in [0.2, 0.25) is 0 Å². The van der Waals surface area contributed by atoms with Crippen LogP contribution in [-0.4, -0.2) is 10.9 Å². The minimum atomic E-state index is -0.130. The van der Waals surface area contributed by atoms with Gasteiger partial charge in [0.2, 0.25) is 0 Å². The summed E-state index contributed by atoms with van der Waals surface area (Å²) in [6.45, 7) is 1.96. The van der Waals surface area contributed by atoms with Crippen molar-refractivity contribution in [2.45, 2.75) is 6.92 Å². The first-order valence-corrected chi connectivity index (χ1v) is 7.36. The highest BCUT2D eigenvalue weighted by atomic mass is 79.9. The predicted molar refractivity (Wildman–Crippen MR) is 88.6 cm³/mol. The maximum atomic E-state index is 12.5. The number of hydrogen-bond donors (Lipinski definition) is 1. The van der Waals surface area contributed by atoms with Gasteiger partial charge >= 0.3 is 0 Å². The molecule has 2 aromatic carbocycles. The monoisotopic (exact) mass is 340 g/mol. The zero-order valence-electron chi connectivity index (χ0n) is 11.4. The summed E-state index contributed by atoms with van der Waals surface area (Å²) in [6.07, 6.45) is 1.72. The van der Waals surface area contributed by atoms with E-state index in [0.717, 1.165) is 26.6 Å². The first-order valence-electron chi connectivity index (χ1n) is 6.56. The van der Waals surface area contributed by atoms with Crippen LogP contribution in [0.4, 0.5) is 5.69 Å². The van der Waals surface area contributed by atoms with Gasteiger partial charge < -0.3 is 5.32 Å². The molecular formula is C17H13BrN2O. The van der Waals surface area contributed by atoms with Crippen molar-refractivity contribution in [3.05, 3.63) is 70.3 Å². The standard InChI is InChI=1S/C17H13BrN2O/c1-11-7-8-12(18)10-16(11)20-17(21)14-4-2-6-15-13(14)5-3-9-19-15/h2-10H,1H3,(H,20,21). The first kappa shape index (κ1) is 13.8. The van der Waals surface area contributed by atoms with E-state index in [1.807, 2.05) is 55.5 Å². The number of aromatic nitrogens is 1. The van der Waals surface area contributed by atoms with Gasteiger partial charge in [0.15, 0.2) is 0 Å². The van der Waals surface area contributed by atoms with Crippen LogP contribution in [0.25, 0.3) is 10.9 Å². The molecule has 0 aliphatic heterocycles. The molecule has 0 spiro atoms. The van der Waals surface area contributed by atoms with Crippen LogP contribution in [0.1, 0.15) is 15.9 Å². The van der Waals surface area contributed by atoms with Crippen molar-refractivity contribution < 1.29 is 4.79 Å². The molecule has 0 saturated carbocycles. The van der Waals surface area contributed by atoms with Crippen LogP contribution >= 0.6 is 15.9 Å². The molecule has 0 bridgehead atoms. The Kier molecular flexibility index (Phi) is 3.71. The minimum absolute atomic E-state index is 0.130. The van der Waals surface area contributed by atoms with Crippen LogP contribution in [-0.2, 0) is 0 Å². The summed E-state index contributed by atoms with van der Waals surface area (Å²) in [7, 11) is 0. The van der Waals surface area contributed by atoms with Crippen molar-refractivity contribution in [2.75, 3.05) is 5.32 Å². The molecule has 0 fully saturated rings. The predicted octanol–water partition coefficient (Wildman–Crippen LogP) is 4.56. The molecule has 4 heteroatoms. The summed E-state index contributed by atoms with van der Waals surface area (Å²) in [5.74, 6) is -0.130. The fraction of sp³-hybridized carbons (Fsp3) is 0.0588. The van der Waals surface area contributed by atoms with Gasteiger partial charge in [0.25, 0.3) is 5.91 Å². The third-order valence-corrected chi connectivity index (χ3v) is 3.83. The molecule has 0 radical (unpaired) electrons. The topological polar surface area (TPSA) is 42.0 Å². The summed E-state index contributed by atoms with van der Waals surface area (Å²) >= 11 is 3.42. The van der Waals surface area contributed by atoms with Gasteiger partial charge in [-0.1, -0.05) is 34.1 Å². The molecule has 3 rings (SSSR count). The molecule has 1 N–H and O–H groups in total. The number of fused-ring (bicyclic) bond motifs is 1. The van der Waals surface area contributed by atoms with E-state index in [1.54, 1.807) is 6.20 Å². The van der Waals surface area contributed by atoms with Crippen LogP contribution in [0.5, 0.6) is 0 Å². The molecule has 1 amide bonds. The number of nitrogens with zero attached hydrogens (tertiary/aromatic N) is 1.